The molecule has 1 aliphatic rings. The highest BCUT2D eigenvalue weighted by atomic mass is 32.2. The highest BCUT2D eigenvalue weighted by Crippen LogP contribution is 2.41. The van der Waals surface area contributed by atoms with Crippen molar-refractivity contribution < 1.29 is 14.2 Å². The zero-order chi connectivity index (χ0) is 21.6. The average molecular weight is 439 g/mol. The SMILES string of the molecule is CCCCCSc1nnc2c(n1)OC(c1cc(OC)ccc1OC)Nc1ccccc1-2. The van der Waals surface area contributed by atoms with Crippen molar-refractivity contribution >= 4 is 17.4 Å². The van der Waals surface area contributed by atoms with Crippen molar-refractivity contribution in [2.24, 2.45) is 0 Å². The third-order valence-corrected chi connectivity index (χ3v) is 5.96. The van der Waals surface area contributed by atoms with E-state index < -0.39 is 6.23 Å². The summed E-state index contributed by atoms with van der Waals surface area (Å²) in [5.74, 6) is 2.80. The van der Waals surface area contributed by atoms with Gasteiger partial charge in [0.05, 0.1) is 19.8 Å². The fraction of sp³-hybridized carbons (Fsp3) is 0.348. The molecule has 7 nitrogen and oxygen atoms in total. The Labute approximate surface area is 186 Å². The van der Waals surface area contributed by atoms with E-state index in [2.05, 4.69) is 22.4 Å². The normalized spacial score (nSPS) is 14.5. The van der Waals surface area contributed by atoms with Crippen LogP contribution in [0, 0.1) is 0 Å². The van der Waals surface area contributed by atoms with Crippen LogP contribution in [0.25, 0.3) is 11.3 Å². The third kappa shape index (κ3) is 4.69. The average Bonchev–Trinajstić information content (AvgIpc) is 2.98. The molecule has 3 aromatic rings. The summed E-state index contributed by atoms with van der Waals surface area (Å²) in [4.78, 5) is 4.70. The van der Waals surface area contributed by atoms with Gasteiger partial charge in [-0.1, -0.05) is 49.7 Å². The monoisotopic (exact) mass is 438 g/mol. The van der Waals surface area contributed by atoms with Gasteiger partial charge in [0.25, 0.3) is 0 Å². The first-order valence-corrected chi connectivity index (χ1v) is 11.3. The second-order valence-electron chi connectivity index (χ2n) is 7.10. The van der Waals surface area contributed by atoms with Gasteiger partial charge in [-0.15, -0.1) is 10.2 Å². The predicted molar refractivity (Wildman–Crippen MR) is 122 cm³/mol. The molecule has 0 amide bonds. The van der Waals surface area contributed by atoms with E-state index in [1.165, 1.54) is 12.8 Å². The molecule has 1 aromatic heterocycles. The van der Waals surface area contributed by atoms with Gasteiger partial charge in [0.2, 0.25) is 17.3 Å². The lowest BCUT2D eigenvalue weighted by Crippen LogP contribution is -2.18. The number of nitrogens with one attached hydrogen (secondary N) is 1. The van der Waals surface area contributed by atoms with E-state index in [1.54, 1.807) is 26.0 Å². The van der Waals surface area contributed by atoms with E-state index >= 15 is 0 Å². The van der Waals surface area contributed by atoms with E-state index in [4.69, 9.17) is 19.2 Å². The Morgan fingerprint density at radius 2 is 1.94 bits per heavy atom. The van der Waals surface area contributed by atoms with Crippen molar-refractivity contribution in [3.05, 3.63) is 48.0 Å². The number of nitrogens with zero attached hydrogens (tertiary/aromatic N) is 3. The van der Waals surface area contributed by atoms with Crippen LogP contribution in [0.4, 0.5) is 5.69 Å². The number of rotatable bonds is 8. The van der Waals surface area contributed by atoms with Crippen LogP contribution in [0.3, 0.4) is 0 Å². The molecule has 31 heavy (non-hydrogen) atoms. The second kappa shape index (κ2) is 9.87. The van der Waals surface area contributed by atoms with E-state index in [9.17, 15) is 0 Å². The smallest absolute Gasteiger partial charge is 0.247 e. The minimum absolute atomic E-state index is 0.445. The fourth-order valence-corrected chi connectivity index (χ4v) is 4.19. The van der Waals surface area contributed by atoms with Crippen molar-refractivity contribution in [1.82, 2.24) is 15.2 Å². The number of methoxy groups -OCH3 is 2. The molecule has 1 aliphatic heterocycles. The number of anilines is 1. The zero-order valence-electron chi connectivity index (χ0n) is 17.9. The number of fused-ring (bicyclic) bond motifs is 3. The number of hydrogen-bond acceptors (Lipinski definition) is 8. The first-order valence-electron chi connectivity index (χ1n) is 10.4. The fourth-order valence-electron chi connectivity index (χ4n) is 3.41. The molecule has 162 valence electrons. The van der Waals surface area contributed by atoms with Gasteiger partial charge in [0, 0.05) is 17.0 Å². The van der Waals surface area contributed by atoms with Gasteiger partial charge in [-0.2, -0.15) is 4.98 Å². The number of aromatic nitrogens is 3. The van der Waals surface area contributed by atoms with Gasteiger partial charge in [-0.25, -0.2) is 0 Å². The minimum atomic E-state index is -0.540. The van der Waals surface area contributed by atoms with Gasteiger partial charge in [-0.05, 0) is 30.7 Å². The molecule has 2 heterocycles. The number of ether oxygens (including phenoxy) is 3. The standard InChI is InChI=1S/C23H26N4O3S/c1-4-5-8-13-31-23-25-22-20(26-27-23)16-9-6-7-10-18(16)24-21(30-22)17-14-15(28-2)11-12-19(17)29-3/h6-7,9-12,14,21,24H,4-5,8,13H2,1-3H3. The van der Waals surface area contributed by atoms with E-state index in [-0.39, 0.29) is 0 Å². The third-order valence-electron chi connectivity index (χ3n) is 5.03. The van der Waals surface area contributed by atoms with Crippen molar-refractivity contribution in [1.29, 1.82) is 0 Å². The summed E-state index contributed by atoms with van der Waals surface area (Å²) in [5.41, 5.74) is 3.20. The van der Waals surface area contributed by atoms with Crippen LogP contribution in [0.1, 0.15) is 38.0 Å². The molecule has 0 bridgehead atoms. The molecular weight excluding hydrogens is 412 g/mol. The summed E-state index contributed by atoms with van der Waals surface area (Å²) in [7, 11) is 3.27. The van der Waals surface area contributed by atoms with E-state index in [0.29, 0.717) is 28.2 Å². The molecule has 4 rings (SSSR count). The Bertz CT molecular complexity index is 1050. The molecule has 1 atom stereocenters. The summed E-state index contributed by atoms with van der Waals surface area (Å²) in [6, 6.07) is 13.5. The summed E-state index contributed by atoms with van der Waals surface area (Å²) >= 11 is 1.60. The maximum absolute atomic E-state index is 6.36. The number of thioether (sulfide) groups is 1. The predicted octanol–water partition coefficient (Wildman–Crippen LogP) is 5.34. The summed E-state index contributed by atoms with van der Waals surface area (Å²) in [6.45, 7) is 2.19. The lowest BCUT2D eigenvalue weighted by atomic mass is 10.1. The van der Waals surface area contributed by atoms with Crippen LogP contribution in [-0.2, 0) is 0 Å². The molecule has 1 unspecified atom stereocenters. The first kappa shape index (κ1) is 21.2. The van der Waals surface area contributed by atoms with Crippen molar-refractivity contribution in [2.75, 3.05) is 25.3 Å². The lowest BCUT2D eigenvalue weighted by molar-refractivity contribution is 0.219. The van der Waals surface area contributed by atoms with Crippen LogP contribution in [0.2, 0.25) is 0 Å². The Kier molecular flexibility index (Phi) is 6.76. The highest BCUT2D eigenvalue weighted by Gasteiger charge is 2.28. The topological polar surface area (TPSA) is 78.4 Å². The van der Waals surface area contributed by atoms with Crippen LogP contribution in [0.5, 0.6) is 17.4 Å². The second-order valence-corrected chi connectivity index (χ2v) is 8.16. The van der Waals surface area contributed by atoms with Crippen LogP contribution in [-0.4, -0.2) is 35.2 Å². The molecule has 1 N–H and O–H groups in total. The Hall–Kier alpha value is -3.00. The maximum Gasteiger partial charge on any atom is 0.247 e. The minimum Gasteiger partial charge on any atom is -0.497 e. The highest BCUT2D eigenvalue weighted by molar-refractivity contribution is 7.99. The molecule has 0 radical (unpaired) electrons. The molecular formula is C23H26N4O3S. The number of hydrogen-bond donors (Lipinski definition) is 1. The van der Waals surface area contributed by atoms with Crippen LogP contribution in [0.15, 0.2) is 47.6 Å². The van der Waals surface area contributed by atoms with Gasteiger partial charge < -0.3 is 19.5 Å². The lowest BCUT2D eigenvalue weighted by Gasteiger charge is -2.21. The van der Waals surface area contributed by atoms with Gasteiger partial charge in [0.15, 0.2) is 5.69 Å². The largest absolute Gasteiger partial charge is 0.497 e. The molecule has 0 fully saturated rings. The Morgan fingerprint density at radius 1 is 1.06 bits per heavy atom. The van der Waals surface area contributed by atoms with Gasteiger partial charge >= 0.3 is 0 Å². The quantitative estimate of drug-likeness (QED) is 0.373. The number of para-hydroxylation sites is 1. The summed E-state index contributed by atoms with van der Waals surface area (Å²) in [5, 5.41) is 12.9. The Morgan fingerprint density at radius 3 is 2.74 bits per heavy atom. The molecule has 0 saturated carbocycles. The molecule has 0 aliphatic carbocycles. The molecule has 8 heteroatoms. The van der Waals surface area contributed by atoms with Crippen LogP contribution < -0.4 is 19.5 Å². The first-order chi connectivity index (χ1) is 15.2. The zero-order valence-corrected chi connectivity index (χ0v) is 18.7. The van der Waals surface area contributed by atoms with E-state index in [0.717, 1.165) is 29.0 Å². The van der Waals surface area contributed by atoms with E-state index in [1.807, 2.05) is 42.5 Å². The van der Waals surface area contributed by atoms with Crippen molar-refractivity contribution in [2.45, 2.75) is 37.6 Å². The Balaban J connectivity index is 1.73. The molecule has 0 saturated heterocycles. The number of unbranched alkanes of at least 4 members (excludes halogenated alkanes) is 2. The summed E-state index contributed by atoms with van der Waals surface area (Å²) < 4.78 is 17.4. The van der Waals surface area contributed by atoms with Crippen molar-refractivity contribution in [3.8, 4) is 28.6 Å². The maximum atomic E-state index is 6.36. The number of benzene rings is 2. The molecule has 2 aromatic carbocycles. The molecule has 0 spiro atoms. The summed E-state index contributed by atoms with van der Waals surface area (Å²) in [6.07, 6.45) is 2.95. The van der Waals surface area contributed by atoms with Gasteiger partial charge in [-0.3, -0.25) is 0 Å². The van der Waals surface area contributed by atoms with Crippen molar-refractivity contribution in [3.63, 3.8) is 0 Å². The van der Waals surface area contributed by atoms with Crippen LogP contribution >= 0.6 is 11.8 Å². The van der Waals surface area contributed by atoms with Gasteiger partial charge in [0.1, 0.15) is 11.5 Å².